The van der Waals surface area contributed by atoms with Gasteiger partial charge in [0, 0.05) is 12.6 Å². The van der Waals surface area contributed by atoms with E-state index >= 15 is 0 Å². The first-order valence-electron chi connectivity index (χ1n) is 6.53. The van der Waals surface area contributed by atoms with E-state index in [1.165, 1.54) is 0 Å². The van der Waals surface area contributed by atoms with Gasteiger partial charge in [-0.25, -0.2) is 9.38 Å². The second-order valence-electron chi connectivity index (χ2n) is 5.18. The third-order valence-electron chi connectivity index (χ3n) is 4.11. The van der Waals surface area contributed by atoms with E-state index < -0.39 is 0 Å². The number of aliphatic imine (C=N–C) groups is 1. The maximum Gasteiger partial charge on any atom is 0.156 e. The van der Waals surface area contributed by atoms with E-state index in [0.717, 1.165) is 11.4 Å². The van der Waals surface area contributed by atoms with E-state index in [9.17, 15) is 4.39 Å². The molecule has 0 saturated heterocycles. The van der Waals surface area contributed by atoms with Gasteiger partial charge in [-0.1, -0.05) is 48.1 Å². The van der Waals surface area contributed by atoms with Crippen molar-refractivity contribution in [3.8, 4) is 0 Å². The molecule has 100 valence electrons. The maximum atomic E-state index is 14.7. The van der Waals surface area contributed by atoms with Crippen LogP contribution in [-0.2, 0) is 0 Å². The van der Waals surface area contributed by atoms with Crippen molar-refractivity contribution in [1.82, 2.24) is 4.90 Å². The van der Waals surface area contributed by atoms with Crippen molar-refractivity contribution in [2.75, 3.05) is 7.05 Å². The number of hydrogen-bond acceptors (Lipinski definition) is 2. The Balaban J connectivity index is 1.91. The summed E-state index contributed by atoms with van der Waals surface area (Å²) in [6.07, 6.45) is 13.3. The number of fused-ring (bicyclic) bond motifs is 3. The zero-order valence-corrected chi connectivity index (χ0v) is 11.6. The topological polar surface area (TPSA) is 15.6 Å². The monoisotopic (exact) mass is 286 g/mol. The Bertz CT molecular complexity index is 719. The number of nitrogens with zero attached hydrogens (tertiary/aromatic N) is 2. The summed E-state index contributed by atoms with van der Waals surface area (Å²) in [5.74, 6) is -0.275. The molecule has 4 aliphatic rings. The highest BCUT2D eigenvalue weighted by Crippen LogP contribution is 2.44. The first kappa shape index (κ1) is 11.9. The van der Waals surface area contributed by atoms with E-state index in [1.54, 1.807) is 6.08 Å². The molecule has 0 aromatic carbocycles. The standard InChI is InChI=1S/C16H12ClFN2/c1-20-12-8-3-2-5-9(12)13(18)15-16(20)10-6-4-7-11(17)14(10)19-15/h2-8,10,12H,1H3. The summed E-state index contributed by atoms with van der Waals surface area (Å²) < 4.78 is 14.7. The van der Waals surface area contributed by atoms with E-state index in [2.05, 4.69) is 9.89 Å². The summed E-state index contributed by atoms with van der Waals surface area (Å²) in [6.45, 7) is 0. The molecule has 0 aromatic heterocycles. The average molecular weight is 287 g/mol. The molecule has 2 aliphatic heterocycles. The van der Waals surface area contributed by atoms with Crippen LogP contribution in [0.2, 0.25) is 0 Å². The van der Waals surface area contributed by atoms with Gasteiger partial charge in [-0.3, -0.25) is 0 Å². The smallest absolute Gasteiger partial charge is 0.156 e. The largest absolute Gasteiger partial charge is 0.365 e. The minimum Gasteiger partial charge on any atom is -0.365 e. The SMILES string of the molecule is CN1C2=C(N=C3C(Cl)=CC=CC32)C(F)=C2C=CC=CC21. The Morgan fingerprint density at radius 1 is 1.25 bits per heavy atom. The number of hydrogen-bond donors (Lipinski definition) is 0. The normalized spacial score (nSPS) is 30.2. The predicted molar refractivity (Wildman–Crippen MR) is 79.0 cm³/mol. The number of likely N-dealkylation sites (N-methyl/N-ethyl adjacent to an activating group) is 1. The fourth-order valence-electron chi connectivity index (χ4n) is 3.15. The molecule has 0 bridgehead atoms. The van der Waals surface area contributed by atoms with Crippen LogP contribution in [0.25, 0.3) is 0 Å². The van der Waals surface area contributed by atoms with Crippen LogP contribution in [0.3, 0.4) is 0 Å². The van der Waals surface area contributed by atoms with Gasteiger partial charge in [0.1, 0.15) is 5.70 Å². The molecule has 0 aromatic rings. The van der Waals surface area contributed by atoms with Gasteiger partial charge in [-0.2, -0.15) is 0 Å². The molecule has 0 N–H and O–H groups in total. The molecule has 0 spiro atoms. The Labute approximate surface area is 121 Å². The molecule has 0 radical (unpaired) electrons. The predicted octanol–water partition coefficient (Wildman–Crippen LogP) is 3.62. The highest BCUT2D eigenvalue weighted by Gasteiger charge is 2.41. The van der Waals surface area contributed by atoms with Crippen LogP contribution in [0.4, 0.5) is 4.39 Å². The molecule has 2 heterocycles. The molecule has 0 saturated carbocycles. The average Bonchev–Trinajstić information content (AvgIpc) is 2.86. The summed E-state index contributed by atoms with van der Waals surface area (Å²) in [4.78, 5) is 6.54. The van der Waals surface area contributed by atoms with Crippen molar-refractivity contribution in [2.24, 2.45) is 10.9 Å². The van der Waals surface area contributed by atoms with E-state index in [0.29, 0.717) is 16.3 Å². The quantitative estimate of drug-likeness (QED) is 0.664. The summed E-state index contributed by atoms with van der Waals surface area (Å²) in [6, 6.07) is -0.0635. The summed E-state index contributed by atoms with van der Waals surface area (Å²) >= 11 is 6.20. The van der Waals surface area contributed by atoms with Crippen molar-refractivity contribution in [3.05, 3.63) is 70.4 Å². The first-order chi connectivity index (χ1) is 9.68. The Hall–Kier alpha value is -1.87. The van der Waals surface area contributed by atoms with Crippen LogP contribution in [0.5, 0.6) is 0 Å². The van der Waals surface area contributed by atoms with Crippen LogP contribution in [-0.4, -0.2) is 23.7 Å². The molecule has 0 amide bonds. The minimum atomic E-state index is -0.233. The van der Waals surface area contributed by atoms with Gasteiger partial charge in [0.05, 0.1) is 28.4 Å². The summed E-state index contributed by atoms with van der Waals surface area (Å²) in [5.41, 5.74) is 2.74. The molecule has 2 nitrogen and oxygen atoms in total. The zero-order chi connectivity index (χ0) is 13.9. The molecule has 2 atom stereocenters. The van der Waals surface area contributed by atoms with Crippen molar-refractivity contribution >= 4 is 17.3 Å². The van der Waals surface area contributed by atoms with Crippen LogP contribution in [0.15, 0.2) is 75.4 Å². The maximum absolute atomic E-state index is 14.7. The first-order valence-corrected chi connectivity index (χ1v) is 6.91. The number of rotatable bonds is 0. The summed E-state index contributed by atoms with van der Waals surface area (Å²) in [5, 5.41) is 0.590. The Morgan fingerprint density at radius 3 is 2.95 bits per heavy atom. The lowest BCUT2D eigenvalue weighted by Gasteiger charge is -2.37. The van der Waals surface area contributed by atoms with Crippen LogP contribution < -0.4 is 0 Å². The van der Waals surface area contributed by atoms with Gasteiger partial charge in [-0.05, 0) is 6.08 Å². The van der Waals surface area contributed by atoms with Crippen LogP contribution in [0, 0.1) is 5.92 Å². The fourth-order valence-corrected chi connectivity index (χ4v) is 3.38. The van der Waals surface area contributed by atoms with Crippen molar-refractivity contribution in [2.45, 2.75) is 6.04 Å². The molecule has 20 heavy (non-hydrogen) atoms. The van der Waals surface area contributed by atoms with E-state index in [1.807, 2.05) is 43.5 Å². The van der Waals surface area contributed by atoms with Gasteiger partial charge < -0.3 is 4.90 Å². The Kier molecular flexibility index (Phi) is 2.42. The molecular weight excluding hydrogens is 275 g/mol. The second-order valence-corrected chi connectivity index (χ2v) is 5.58. The van der Waals surface area contributed by atoms with Gasteiger partial charge in [-0.15, -0.1) is 0 Å². The molecule has 2 aliphatic carbocycles. The molecule has 4 heteroatoms. The van der Waals surface area contributed by atoms with Crippen molar-refractivity contribution in [1.29, 1.82) is 0 Å². The number of allylic oxidation sites excluding steroid dienone is 7. The van der Waals surface area contributed by atoms with E-state index in [4.69, 9.17) is 11.6 Å². The fraction of sp³-hybridized carbons (Fsp3) is 0.188. The molecule has 4 rings (SSSR count). The highest BCUT2D eigenvalue weighted by molar-refractivity contribution is 6.45. The third kappa shape index (κ3) is 1.41. The van der Waals surface area contributed by atoms with Crippen molar-refractivity contribution < 1.29 is 4.39 Å². The second kappa shape index (κ2) is 4.06. The van der Waals surface area contributed by atoms with Crippen LogP contribution in [0.1, 0.15) is 0 Å². The summed E-state index contributed by atoms with van der Waals surface area (Å²) in [7, 11) is 1.98. The lowest BCUT2D eigenvalue weighted by molar-refractivity contribution is 0.351. The van der Waals surface area contributed by atoms with E-state index in [-0.39, 0.29) is 17.8 Å². The number of halogens is 2. The lowest BCUT2D eigenvalue weighted by atomic mass is 9.89. The van der Waals surface area contributed by atoms with Gasteiger partial charge in [0.2, 0.25) is 0 Å². The Morgan fingerprint density at radius 2 is 2.10 bits per heavy atom. The highest BCUT2D eigenvalue weighted by atomic mass is 35.5. The lowest BCUT2D eigenvalue weighted by Crippen LogP contribution is -2.38. The third-order valence-corrected chi connectivity index (χ3v) is 4.43. The zero-order valence-electron chi connectivity index (χ0n) is 10.8. The molecule has 2 unspecified atom stereocenters. The minimum absolute atomic E-state index is 0.0425. The van der Waals surface area contributed by atoms with Crippen molar-refractivity contribution in [3.63, 3.8) is 0 Å². The molecule has 0 fully saturated rings. The van der Waals surface area contributed by atoms with Gasteiger partial charge in [0.15, 0.2) is 5.83 Å². The van der Waals surface area contributed by atoms with Gasteiger partial charge >= 0.3 is 0 Å². The molecular formula is C16H12ClFN2. The van der Waals surface area contributed by atoms with Gasteiger partial charge in [0.25, 0.3) is 0 Å². The van der Waals surface area contributed by atoms with Crippen LogP contribution >= 0.6 is 11.6 Å².